The SMILES string of the molecule is CCOc1ccccc1NCCC(=O)Nc1ccc(Cl)cc1. The van der Waals surface area contributed by atoms with Gasteiger partial charge in [0.2, 0.25) is 5.91 Å². The monoisotopic (exact) mass is 318 g/mol. The van der Waals surface area contributed by atoms with Crippen molar-refractivity contribution >= 4 is 28.9 Å². The van der Waals surface area contributed by atoms with E-state index in [1.54, 1.807) is 24.3 Å². The summed E-state index contributed by atoms with van der Waals surface area (Å²) in [6.45, 7) is 3.08. The number of para-hydroxylation sites is 2. The predicted octanol–water partition coefficient (Wildman–Crippen LogP) is 4.18. The van der Waals surface area contributed by atoms with Crippen LogP contribution in [0.15, 0.2) is 48.5 Å². The molecule has 0 saturated heterocycles. The Hall–Kier alpha value is -2.20. The lowest BCUT2D eigenvalue weighted by atomic mass is 10.2. The number of nitrogens with one attached hydrogen (secondary N) is 2. The molecule has 0 heterocycles. The number of anilines is 2. The molecular formula is C17H19ClN2O2. The van der Waals surface area contributed by atoms with E-state index in [0.29, 0.717) is 24.6 Å². The quantitative estimate of drug-likeness (QED) is 0.805. The van der Waals surface area contributed by atoms with Gasteiger partial charge in [0.15, 0.2) is 0 Å². The zero-order chi connectivity index (χ0) is 15.8. The van der Waals surface area contributed by atoms with Crippen molar-refractivity contribution in [2.75, 3.05) is 23.8 Å². The molecule has 0 unspecified atom stereocenters. The molecule has 0 spiro atoms. The van der Waals surface area contributed by atoms with Crippen LogP contribution in [0.5, 0.6) is 5.75 Å². The molecule has 2 N–H and O–H groups in total. The molecule has 22 heavy (non-hydrogen) atoms. The van der Waals surface area contributed by atoms with E-state index in [4.69, 9.17) is 16.3 Å². The standard InChI is InChI=1S/C17H19ClN2O2/c1-2-22-16-6-4-3-5-15(16)19-12-11-17(21)20-14-9-7-13(18)8-10-14/h3-10,19H,2,11-12H2,1H3,(H,20,21). The zero-order valence-corrected chi connectivity index (χ0v) is 13.2. The third-order valence-corrected chi connectivity index (χ3v) is 3.23. The van der Waals surface area contributed by atoms with Gasteiger partial charge >= 0.3 is 0 Å². The first-order chi connectivity index (χ1) is 10.7. The molecule has 0 atom stereocenters. The summed E-state index contributed by atoms with van der Waals surface area (Å²) in [6, 6.07) is 14.7. The Kier molecular flexibility index (Phi) is 6.10. The minimum atomic E-state index is -0.0521. The molecule has 116 valence electrons. The van der Waals surface area contributed by atoms with Gasteiger partial charge in [-0.05, 0) is 43.3 Å². The second kappa shape index (κ2) is 8.29. The van der Waals surface area contributed by atoms with Crippen LogP contribution in [-0.4, -0.2) is 19.1 Å². The number of hydrogen-bond donors (Lipinski definition) is 2. The highest BCUT2D eigenvalue weighted by molar-refractivity contribution is 6.30. The second-order valence-corrected chi connectivity index (χ2v) is 5.10. The Bertz CT molecular complexity index is 614. The van der Waals surface area contributed by atoms with Crippen molar-refractivity contribution in [3.63, 3.8) is 0 Å². The van der Waals surface area contributed by atoms with E-state index in [2.05, 4.69) is 10.6 Å². The molecule has 0 bridgehead atoms. The predicted molar refractivity (Wildman–Crippen MR) is 90.8 cm³/mol. The van der Waals surface area contributed by atoms with Crippen LogP contribution < -0.4 is 15.4 Å². The molecule has 0 aliphatic rings. The average molecular weight is 319 g/mol. The first-order valence-corrected chi connectivity index (χ1v) is 7.58. The summed E-state index contributed by atoms with van der Waals surface area (Å²) in [4.78, 5) is 11.9. The summed E-state index contributed by atoms with van der Waals surface area (Å²) in [6.07, 6.45) is 0.364. The number of halogens is 1. The normalized spacial score (nSPS) is 10.1. The van der Waals surface area contributed by atoms with Crippen LogP contribution in [0.25, 0.3) is 0 Å². The highest BCUT2D eigenvalue weighted by Crippen LogP contribution is 2.23. The van der Waals surface area contributed by atoms with E-state index in [0.717, 1.165) is 17.1 Å². The highest BCUT2D eigenvalue weighted by atomic mass is 35.5. The van der Waals surface area contributed by atoms with Gasteiger partial charge in [-0.1, -0.05) is 23.7 Å². The van der Waals surface area contributed by atoms with E-state index in [9.17, 15) is 4.79 Å². The molecule has 0 radical (unpaired) electrons. The van der Waals surface area contributed by atoms with Crippen molar-refractivity contribution in [3.8, 4) is 5.75 Å². The Morgan fingerprint density at radius 1 is 1.14 bits per heavy atom. The number of hydrogen-bond acceptors (Lipinski definition) is 3. The van der Waals surface area contributed by atoms with Crippen LogP contribution in [-0.2, 0) is 4.79 Å². The van der Waals surface area contributed by atoms with Crippen LogP contribution in [0.2, 0.25) is 5.02 Å². The topological polar surface area (TPSA) is 50.4 Å². The van der Waals surface area contributed by atoms with E-state index < -0.39 is 0 Å². The van der Waals surface area contributed by atoms with Crippen LogP contribution in [0.4, 0.5) is 11.4 Å². The lowest BCUT2D eigenvalue weighted by Crippen LogP contribution is -2.16. The van der Waals surface area contributed by atoms with Gasteiger partial charge in [0.25, 0.3) is 0 Å². The summed E-state index contributed by atoms with van der Waals surface area (Å²) >= 11 is 5.81. The Balaban J connectivity index is 1.81. The molecule has 2 aromatic rings. The summed E-state index contributed by atoms with van der Waals surface area (Å²) in [5.41, 5.74) is 1.63. The molecule has 4 nitrogen and oxygen atoms in total. The molecule has 0 aliphatic carbocycles. The molecule has 0 aliphatic heterocycles. The number of benzene rings is 2. The molecule has 5 heteroatoms. The second-order valence-electron chi connectivity index (χ2n) is 4.66. The van der Waals surface area contributed by atoms with E-state index in [1.165, 1.54) is 0 Å². The summed E-state index contributed by atoms with van der Waals surface area (Å²) in [5.74, 6) is 0.742. The van der Waals surface area contributed by atoms with Gasteiger partial charge in [-0.25, -0.2) is 0 Å². The maximum Gasteiger partial charge on any atom is 0.226 e. The van der Waals surface area contributed by atoms with E-state index >= 15 is 0 Å². The molecule has 0 fully saturated rings. The Morgan fingerprint density at radius 3 is 2.59 bits per heavy atom. The van der Waals surface area contributed by atoms with E-state index in [-0.39, 0.29) is 5.91 Å². The van der Waals surface area contributed by atoms with Gasteiger partial charge in [0.1, 0.15) is 5.75 Å². The third kappa shape index (κ3) is 4.97. The van der Waals surface area contributed by atoms with Crippen molar-refractivity contribution in [2.24, 2.45) is 0 Å². The fourth-order valence-electron chi connectivity index (χ4n) is 1.96. The molecule has 1 amide bonds. The maximum atomic E-state index is 11.9. The number of carbonyl (C=O) groups is 1. The van der Waals surface area contributed by atoms with Crippen LogP contribution >= 0.6 is 11.6 Å². The third-order valence-electron chi connectivity index (χ3n) is 2.98. The highest BCUT2D eigenvalue weighted by Gasteiger charge is 2.05. The minimum Gasteiger partial charge on any atom is -0.492 e. The van der Waals surface area contributed by atoms with Crippen LogP contribution in [0, 0.1) is 0 Å². The fraction of sp³-hybridized carbons (Fsp3) is 0.235. The molecule has 0 aromatic heterocycles. The summed E-state index contributed by atoms with van der Waals surface area (Å²) in [7, 11) is 0. The fourth-order valence-corrected chi connectivity index (χ4v) is 2.09. The first-order valence-electron chi connectivity index (χ1n) is 7.20. The van der Waals surface area contributed by atoms with Gasteiger partial charge in [0.05, 0.1) is 12.3 Å². The van der Waals surface area contributed by atoms with Crippen molar-refractivity contribution in [1.29, 1.82) is 0 Å². The Morgan fingerprint density at radius 2 is 1.86 bits per heavy atom. The zero-order valence-electron chi connectivity index (χ0n) is 12.4. The van der Waals surface area contributed by atoms with Gasteiger partial charge in [-0.3, -0.25) is 4.79 Å². The lowest BCUT2D eigenvalue weighted by molar-refractivity contribution is -0.115. The molecule has 2 rings (SSSR count). The van der Waals surface area contributed by atoms with Gasteiger partial charge in [0, 0.05) is 23.7 Å². The number of rotatable bonds is 7. The molecule has 2 aromatic carbocycles. The van der Waals surface area contributed by atoms with Crippen molar-refractivity contribution in [3.05, 3.63) is 53.6 Å². The van der Waals surface area contributed by atoms with Crippen LogP contribution in [0.3, 0.4) is 0 Å². The van der Waals surface area contributed by atoms with Gasteiger partial charge < -0.3 is 15.4 Å². The summed E-state index contributed by atoms with van der Waals surface area (Å²) < 4.78 is 5.53. The van der Waals surface area contributed by atoms with Crippen LogP contribution in [0.1, 0.15) is 13.3 Å². The van der Waals surface area contributed by atoms with Crippen molar-refractivity contribution < 1.29 is 9.53 Å². The smallest absolute Gasteiger partial charge is 0.226 e. The minimum absolute atomic E-state index is 0.0521. The molecular weight excluding hydrogens is 300 g/mol. The lowest BCUT2D eigenvalue weighted by Gasteiger charge is -2.12. The van der Waals surface area contributed by atoms with Gasteiger partial charge in [-0.15, -0.1) is 0 Å². The Labute approximate surface area is 135 Å². The van der Waals surface area contributed by atoms with Crippen molar-refractivity contribution in [2.45, 2.75) is 13.3 Å². The number of amides is 1. The van der Waals surface area contributed by atoms with E-state index in [1.807, 2.05) is 31.2 Å². The first kappa shape index (κ1) is 16.2. The summed E-state index contributed by atoms with van der Waals surface area (Å²) in [5, 5.41) is 6.69. The average Bonchev–Trinajstić information content (AvgIpc) is 2.51. The molecule has 0 saturated carbocycles. The van der Waals surface area contributed by atoms with Crippen molar-refractivity contribution in [1.82, 2.24) is 0 Å². The maximum absolute atomic E-state index is 11.9. The number of ether oxygens (including phenoxy) is 1. The number of carbonyl (C=O) groups excluding carboxylic acids is 1. The largest absolute Gasteiger partial charge is 0.492 e. The van der Waals surface area contributed by atoms with Gasteiger partial charge in [-0.2, -0.15) is 0 Å².